The summed E-state index contributed by atoms with van der Waals surface area (Å²) in [4.78, 5) is 17.0. The van der Waals surface area contributed by atoms with Gasteiger partial charge in [0.25, 0.3) is 0 Å². The Hall–Kier alpha value is -3.42. The van der Waals surface area contributed by atoms with Gasteiger partial charge in [-0.05, 0) is 18.1 Å². The number of aryl methyl sites for hydroxylation is 2. The van der Waals surface area contributed by atoms with E-state index in [4.69, 9.17) is 28.1 Å². The van der Waals surface area contributed by atoms with Crippen LogP contribution in [0.25, 0.3) is 11.0 Å². The van der Waals surface area contributed by atoms with Crippen molar-refractivity contribution in [1.29, 1.82) is 0 Å². The number of pyridine rings is 1. The van der Waals surface area contributed by atoms with E-state index in [-0.39, 0.29) is 39.4 Å². The fourth-order valence-electron chi connectivity index (χ4n) is 3.19. The van der Waals surface area contributed by atoms with Gasteiger partial charge in [-0.3, -0.25) is 9.78 Å². The van der Waals surface area contributed by atoms with Crippen molar-refractivity contribution in [3.63, 3.8) is 0 Å². The Kier molecular flexibility index (Phi) is 6.11. The van der Waals surface area contributed by atoms with Gasteiger partial charge in [-0.15, -0.1) is 0 Å². The van der Waals surface area contributed by atoms with E-state index in [9.17, 15) is 4.79 Å². The van der Waals surface area contributed by atoms with Crippen molar-refractivity contribution >= 4 is 11.0 Å². The van der Waals surface area contributed by atoms with Crippen LogP contribution in [0.4, 0.5) is 0 Å². The van der Waals surface area contributed by atoms with E-state index in [1.807, 2.05) is 6.07 Å². The van der Waals surface area contributed by atoms with Crippen LogP contribution in [0.2, 0.25) is 0 Å². The molecule has 0 aliphatic rings. The molecule has 0 atom stereocenters. The van der Waals surface area contributed by atoms with Gasteiger partial charge in [-0.1, -0.05) is 0 Å². The Morgan fingerprint density at radius 2 is 1.45 bits per heavy atom. The van der Waals surface area contributed by atoms with E-state index in [0.29, 0.717) is 24.4 Å². The summed E-state index contributed by atoms with van der Waals surface area (Å²) in [5.74, 6) is 2.22. The van der Waals surface area contributed by atoms with Crippen LogP contribution in [0.15, 0.2) is 33.7 Å². The fourth-order valence-corrected chi connectivity index (χ4v) is 3.19. The Balaban J connectivity index is 2.10. The molecular formula is C21H23NO7. The highest BCUT2D eigenvalue weighted by Crippen LogP contribution is 2.49. The molecule has 0 unspecified atom stereocenters. The molecule has 8 nitrogen and oxygen atoms in total. The molecule has 0 saturated carbocycles. The zero-order valence-electron chi connectivity index (χ0n) is 17.0. The molecule has 0 amide bonds. The van der Waals surface area contributed by atoms with Crippen LogP contribution in [0, 0.1) is 0 Å². The van der Waals surface area contributed by atoms with Crippen molar-refractivity contribution in [2.45, 2.75) is 12.8 Å². The van der Waals surface area contributed by atoms with E-state index >= 15 is 0 Å². The van der Waals surface area contributed by atoms with E-state index in [0.717, 1.165) is 5.56 Å². The third-order valence-electron chi connectivity index (χ3n) is 4.53. The van der Waals surface area contributed by atoms with Gasteiger partial charge in [0.1, 0.15) is 16.9 Å². The summed E-state index contributed by atoms with van der Waals surface area (Å²) < 4.78 is 33.0. The third kappa shape index (κ3) is 3.78. The molecule has 3 aromatic rings. The van der Waals surface area contributed by atoms with Crippen molar-refractivity contribution < 1.29 is 28.1 Å². The highest BCUT2D eigenvalue weighted by molar-refractivity contribution is 5.94. The molecule has 0 aliphatic carbocycles. The van der Waals surface area contributed by atoms with Crippen LogP contribution in [-0.4, -0.2) is 40.5 Å². The molecule has 3 rings (SSSR count). The van der Waals surface area contributed by atoms with Gasteiger partial charge in [0.05, 0.1) is 41.7 Å². The van der Waals surface area contributed by atoms with E-state index < -0.39 is 0 Å². The fraction of sp³-hybridized carbons (Fsp3) is 0.333. The highest BCUT2D eigenvalue weighted by atomic mass is 16.5. The van der Waals surface area contributed by atoms with Gasteiger partial charge in [0.15, 0.2) is 16.8 Å². The number of fused-ring (bicyclic) bond motifs is 1. The third-order valence-corrected chi connectivity index (χ3v) is 4.53. The first-order valence-electron chi connectivity index (χ1n) is 8.88. The molecular weight excluding hydrogens is 378 g/mol. The molecule has 2 aromatic heterocycles. The summed E-state index contributed by atoms with van der Waals surface area (Å²) >= 11 is 0. The lowest BCUT2D eigenvalue weighted by Crippen LogP contribution is -2.08. The topological polar surface area (TPSA) is 89.3 Å². The lowest BCUT2D eigenvalue weighted by Gasteiger charge is -2.17. The summed E-state index contributed by atoms with van der Waals surface area (Å²) in [6.07, 6.45) is 4.49. The first-order valence-corrected chi connectivity index (χ1v) is 8.88. The molecule has 0 radical (unpaired) electrons. The maximum Gasteiger partial charge on any atom is 0.211 e. The number of hydrogen-bond acceptors (Lipinski definition) is 8. The van der Waals surface area contributed by atoms with Gasteiger partial charge in [0, 0.05) is 18.7 Å². The maximum atomic E-state index is 12.9. The summed E-state index contributed by atoms with van der Waals surface area (Å²) in [7, 11) is 7.45. The molecule has 2 heterocycles. The smallest absolute Gasteiger partial charge is 0.211 e. The number of hydrogen-bond donors (Lipinski definition) is 0. The molecule has 0 N–H and O–H groups in total. The standard InChI is InChI=1S/C21H23NO7/c1-24-14-8-12(10-22-11-14)6-7-13-9-15(23)16-17(25-2)19(26-3)21(28-5)20(27-4)18(16)29-13/h8-11H,6-7H2,1-5H3. The average Bonchev–Trinajstić information content (AvgIpc) is 2.75. The molecule has 29 heavy (non-hydrogen) atoms. The van der Waals surface area contributed by atoms with Crippen LogP contribution in [0.5, 0.6) is 28.7 Å². The van der Waals surface area contributed by atoms with Gasteiger partial charge in [0.2, 0.25) is 17.2 Å². The first kappa shape index (κ1) is 20.3. The molecule has 0 spiro atoms. The van der Waals surface area contributed by atoms with Gasteiger partial charge >= 0.3 is 0 Å². The average molecular weight is 401 g/mol. The molecule has 0 saturated heterocycles. The zero-order chi connectivity index (χ0) is 21.0. The Bertz CT molecular complexity index is 1070. The SMILES string of the molecule is COc1cncc(CCc2cc(=O)c3c(OC)c(OC)c(OC)c(OC)c3o2)c1. The molecule has 154 valence electrons. The number of aromatic nitrogens is 1. The van der Waals surface area contributed by atoms with Gasteiger partial charge in [-0.25, -0.2) is 0 Å². The maximum absolute atomic E-state index is 12.9. The summed E-state index contributed by atoms with van der Waals surface area (Å²) in [6.45, 7) is 0. The van der Waals surface area contributed by atoms with Crippen molar-refractivity contribution in [1.82, 2.24) is 4.98 Å². The lowest BCUT2D eigenvalue weighted by molar-refractivity contribution is 0.306. The minimum Gasteiger partial charge on any atom is -0.495 e. The van der Waals surface area contributed by atoms with E-state index in [1.54, 1.807) is 19.5 Å². The van der Waals surface area contributed by atoms with Crippen LogP contribution in [-0.2, 0) is 12.8 Å². The van der Waals surface area contributed by atoms with Crippen LogP contribution in [0.3, 0.4) is 0 Å². The number of benzene rings is 1. The monoisotopic (exact) mass is 401 g/mol. The minimum atomic E-state index is -0.263. The number of rotatable bonds is 8. The summed E-state index contributed by atoms with van der Waals surface area (Å²) in [6, 6.07) is 3.34. The highest BCUT2D eigenvalue weighted by Gasteiger charge is 2.27. The Labute approximate surface area is 167 Å². The summed E-state index contributed by atoms with van der Waals surface area (Å²) in [5, 5.41) is 0.230. The van der Waals surface area contributed by atoms with Gasteiger partial charge < -0.3 is 28.1 Å². The molecule has 0 fully saturated rings. The van der Waals surface area contributed by atoms with Crippen LogP contribution < -0.4 is 29.1 Å². The second kappa shape index (κ2) is 8.72. The largest absolute Gasteiger partial charge is 0.495 e. The molecule has 0 aliphatic heterocycles. The van der Waals surface area contributed by atoms with Crippen molar-refractivity contribution in [3.05, 3.63) is 46.1 Å². The minimum absolute atomic E-state index is 0.230. The Morgan fingerprint density at radius 3 is 2.07 bits per heavy atom. The van der Waals surface area contributed by atoms with Crippen molar-refractivity contribution in [2.24, 2.45) is 0 Å². The van der Waals surface area contributed by atoms with Crippen molar-refractivity contribution in [3.8, 4) is 28.7 Å². The second-order valence-corrected chi connectivity index (χ2v) is 6.15. The normalized spacial score (nSPS) is 10.7. The quantitative estimate of drug-likeness (QED) is 0.569. The molecule has 8 heteroatoms. The van der Waals surface area contributed by atoms with Crippen LogP contribution >= 0.6 is 0 Å². The molecule has 0 bridgehead atoms. The van der Waals surface area contributed by atoms with Crippen molar-refractivity contribution in [2.75, 3.05) is 35.5 Å². The van der Waals surface area contributed by atoms with E-state index in [2.05, 4.69) is 4.98 Å². The van der Waals surface area contributed by atoms with Crippen LogP contribution in [0.1, 0.15) is 11.3 Å². The second-order valence-electron chi connectivity index (χ2n) is 6.15. The molecule has 1 aromatic carbocycles. The van der Waals surface area contributed by atoms with E-state index in [1.165, 1.54) is 34.5 Å². The van der Waals surface area contributed by atoms with Gasteiger partial charge in [-0.2, -0.15) is 0 Å². The lowest BCUT2D eigenvalue weighted by atomic mass is 10.1. The Morgan fingerprint density at radius 1 is 0.793 bits per heavy atom. The predicted molar refractivity (Wildman–Crippen MR) is 107 cm³/mol. The summed E-state index contributed by atoms with van der Waals surface area (Å²) in [5.41, 5.74) is 0.943. The number of methoxy groups -OCH3 is 5. The number of nitrogens with zero attached hydrogens (tertiary/aromatic N) is 1. The predicted octanol–water partition coefficient (Wildman–Crippen LogP) is 3.02. The zero-order valence-corrected chi connectivity index (χ0v) is 17.0. The first-order chi connectivity index (χ1) is 14.1. The number of ether oxygens (including phenoxy) is 5.